The van der Waals surface area contributed by atoms with Gasteiger partial charge in [0.15, 0.2) is 11.5 Å². The van der Waals surface area contributed by atoms with E-state index in [9.17, 15) is 4.79 Å². The Morgan fingerprint density at radius 3 is 3.14 bits per heavy atom. The summed E-state index contributed by atoms with van der Waals surface area (Å²) in [4.78, 5) is 12.7. The van der Waals surface area contributed by atoms with E-state index in [0.29, 0.717) is 12.4 Å². The van der Waals surface area contributed by atoms with Crippen LogP contribution >= 0.6 is 11.3 Å². The third-order valence-electron chi connectivity index (χ3n) is 3.06. The Bertz CT molecular complexity index is 822. The second kappa shape index (κ2) is 6.50. The van der Waals surface area contributed by atoms with Crippen molar-refractivity contribution in [3.63, 3.8) is 0 Å². The minimum Gasteiger partial charge on any atom is -0.392 e. The zero-order chi connectivity index (χ0) is 15.4. The molecule has 0 aliphatic carbocycles. The van der Waals surface area contributed by atoms with E-state index in [0.717, 1.165) is 16.1 Å². The lowest BCUT2D eigenvalue weighted by molar-refractivity contribution is -0.116. The first kappa shape index (κ1) is 14.4. The third kappa shape index (κ3) is 3.21. The van der Waals surface area contributed by atoms with Crippen molar-refractivity contribution in [3.05, 3.63) is 58.2 Å². The number of fused-ring (bicyclic) bond motifs is 1. The van der Waals surface area contributed by atoms with Gasteiger partial charge in [-0.2, -0.15) is 0 Å². The van der Waals surface area contributed by atoms with Crippen LogP contribution < -0.4 is 5.32 Å². The Labute approximate surface area is 130 Å². The fourth-order valence-corrected chi connectivity index (χ4v) is 2.76. The Morgan fingerprint density at radius 2 is 2.32 bits per heavy atom. The monoisotopic (exact) mass is 314 g/mol. The summed E-state index contributed by atoms with van der Waals surface area (Å²) in [5.41, 5.74) is 1.59. The van der Waals surface area contributed by atoms with Crippen molar-refractivity contribution in [2.75, 3.05) is 0 Å². The van der Waals surface area contributed by atoms with Gasteiger partial charge in [-0.05, 0) is 35.2 Å². The molecule has 3 rings (SSSR count). The van der Waals surface area contributed by atoms with Gasteiger partial charge in [-0.3, -0.25) is 9.20 Å². The Kier molecular flexibility index (Phi) is 4.27. The second-order valence-electron chi connectivity index (χ2n) is 4.61. The van der Waals surface area contributed by atoms with Crippen molar-refractivity contribution >= 4 is 29.0 Å². The molecule has 0 fully saturated rings. The van der Waals surface area contributed by atoms with Gasteiger partial charge in [0.2, 0.25) is 5.91 Å². The number of amides is 1. The fourth-order valence-electron chi connectivity index (χ4n) is 1.96. The number of pyridine rings is 1. The second-order valence-corrected chi connectivity index (χ2v) is 5.55. The van der Waals surface area contributed by atoms with Gasteiger partial charge >= 0.3 is 0 Å². The normalized spacial score (nSPS) is 11.3. The maximum Gasteiger partial charge on any atom is 0.244 e. The Morgan fingerprint density at radius 1 is 1.41 bits per heavy atom. The van der Waals surface area contributed by atoms with E-state index in [4.69, 9.17) is 5.11 Å². The van der Waals surface area contributed by atoms with Crippen LogP contribution in [0.3, 0.4) is 0 Å². The van der Waals surface area contributed by atoms with E-state index in [1.165, 1.54) is 17.4 Å². The molecule has 3 heterocycles. The van der Waals surface area contributed by atoms with Gasteiger partial charge in [0.25, 0.3) is 0 Å². The highest BCUT2D eigenvalue weighted by atomic mass is 32.1. The Hall–Kier alpha value is -2.51. The minimum absolute atomic E-state index is 0.0104. The summed E-state index contributed by atoms with van der Waals surface area (Å²) in [7, 11) is 0. The lowest BCUT2D eigenvalue weighted by Crippen LogP contribution is -2.21. The van der Waals surface area contributed by atoms with Gasteiger partial charge in [0.1, 0.15) is 0 Å². The largest absolute Gasteiger partial charge is 0.392 e. The summed E-state index contributed by atoms with van der Waals surface area (Å²) in [6.07, 6.45) is 5.05. The van der Waals surface area contributed by atoms with Crippen molar-refractivity contribution in [2.24, 2.45) is 0 Å². The molecule has 0 spiro atoms. The van der Waals surface area contributed by atoms with Gasteiger partial charge in [-0.25, -0.2) is 0 Å². The number of carbonyl (C=O) groups excluding carboxylic acids is 1. The van der Waals surface area contributed by atoms with Crippen LogP contribution in [0.4, 0.5) is 0 Å². The average molecular weight is 314 g/mol. The standard InChI is InChI=1S/C15H14N4O2S/c20-9-11-7-12(22-10-11)4-5-15(21)16-8-14-18-17-13-3-1-2-6-19(13)14/h1-7,10,20H,8-9H2,(H,16,21). The number of carbonyl (C=O) groups is 1. The molecule has 3 aromatic heterocycles. The third-order valence-corrected chi connectivity index (χ3v) is 4.01. The van der Waals surface area contributed by atoms with E-state index in [-0.39, 0.29) is 12.5 Å². The van der Waals surface area contributed by atoms with Crippen molar-refractivity contribution in [1.82, 2.24) is 19.9 Å². The van der Waals surface area contributed by atoms with Gasteiger partial charge < -0.3 is 10.4 Å². The Balaban J connectivity index is 1.60. The summed E-state index contributed by atoms with van der Waals surface area (Å²) in [6.45, 7) is 0.317. The molecule has 0 atom stereocenters. The van der Waals surface area contributed by atoms with E-state index in [2.05, 4.69) is 15.5 Å². The van der Waals surface area contributed by atoms with Crippen LogP contribution in [-0.4, -0.2) is 25.6 Å². The summed E-state index contributed by atoms with van der Waals surface area (Å²) in [5, 5.41) is 21.7. The van der Waals surface area contributed by atoms with Crippen LogP contribution in [0.15, 0.2) is 41.9 Å². The van der Waals surface area contributed by atoms with Crippen LogP contribution in [0.25, 0.3) is 11.7 Å². The van der Waals surface area contributed by atoms with Crippen LogP contribution in [0, 0.1) is 0 Å². The summed E-state index contributed by atoms with van der Waals surface area (Å²) in [6, 6.07) is 7.47. The smallest absolute Gasteiger partial charge is 0.244 e. The molecule has 0 unspecified atom stereocenters. The van der Waals surface area contributed by atoms with Crippen LogP contribution in [-0.2, 0) is 17.9 Å². The predicted octanol–water partition coefficient (Wildman–Crippen LogP) is 1.61. The molecule has 0 saturated carbocycles. The number of thiophene rings is 1. The van der Waals surface area contributed by atoms with Crippen molar-refractivity contribution < 1.29 is 9.90 Å². The quantitative estimate of drug-likeness (QED) is 0.701. The van der Waals surface area contributed by atoms with Gasteiger partial charge in [0, 0.05) is 17.2 Å². The number of nitrogens with zero attached hydrogens (tertiary/aromatic N) is 3. The predicted molar refractivity (Wildman–Crippen MR) is 84.1 cm³/mol. The number of hydrogen-bond acceptors (Lipinski definition) is 5. The molecule has 112 valence electrons. The molecule has 2 N–H and O–H groups in total. The summed E-state index contributed by atoms with van der Waals surface area (Å²) in [5.74, 6) is 0.475. The first-order valence-corrected chi connectivity index (χ1v) is 7.57. The van der Waals surface area contributed by atoms with Crippen molar-refractivity contribution in [3.8, 4) is 0 Å². The molecule has 0 aliphatic heterocycles. The highest BCUT2D eigenvalue weighted by Crippen LogP contribution is 2.16. The van der Waals surface area contributed by atoms with E-state index < -0.39 is 0 Å². The van der Waals surface area contributed by atoms with Crippen molar-refractivity contribution in [2.45, 2.75) is 13.2 Å². The molecule has 3 aromatic rings. The number of hydrogen-bond donors (Lipinski definition) is 2. The molecule has 1 amide bonds. The molecule has 0 radical (unpaired) electrons. The molecule has 0 aromatic carbocycles. The number of aliphatic hydroxyl groups is 1. The fraction of sp³-hybridized carbons (Fsp3) is 0.133. The maximum atomic E-state index is 11.8. The number of nitrogens with one attached hydrogen (secondary N) is 1. The van der Waals surface area contributed by atoms with Gasteiger partial charge in [0.05, 0.1) is 13.2 Å². The average Bonchev–Trinajstić information content (AvgIpc) is 3.17. The molecular weight excluding hydrogens is 300 g/mol. The first-order valence-electron chi connectivity index (χ1n) is 6.69. The molecule has 0 aliphatic rings. The molecular formula is C15H14N4O2S. The van der Waals surface area contributed by atoms with Gasteiger partial charge in [-0.15, -0.1) is 21.5 Å². The highest BCUT2D eigenvalue weighted by molar-refractivity contribution is 7.11. The minimum atomic E-state index is -0.202. The van der Waals surface area contributed by atoms with E-state index in [1.54, 1.807) is 6.08 Å². The van der Waals surface area contributed by atoms with E-state index >= 15 is 0 Å². The number of rotatable bonds is 5. The van der Waals surface area contributed by atoms with Crippen molar-refractivity contribution in [1.29, 1.82) is 0 Å². The highest BCUT2D eigenvalue weighted by Gasteiger charge is 2.05. The topological polar surface area (TPSA) is 79.5 Å². The number of aliphatic hydroxyl groups excluding tert-OH is 1. The SMILES string of the molecule is O=C(C=Cc1cc(CO)cs1)NCc1nnc2ccccn12. The number of aromatic nitrogens is 3. The summed E-state index contributed by atoms with van der Waals surface area (Å²) < 4.78 is 1.83. The first-order chi connectivity index (χ1) is 10.8. The zero-order valence-electron chi connectivity index (χ0n) is 11.6. The molecule has 6 nitrogen and oxygen atoms in total. The van der Waals surface area contributed by atoms with Crippen LogP contribution in [0.2, 0.25) is 0 Å². The molecule has 0 bridgehead atoms. The molecule has 7 heteroatoms. The maximum absolute atomic E-state index is 11.8. The summed E-state index contributed by atoms with van der Waals surface area (Å²) >= 11 is 1.48. The van der Waals surface area contributed by atoms with Crippen LogP contribution in [0.1, 0.15) is 16.3 Å². The zero-order valence-corrected chi connectivity index (χ0v) is 12.5. The molecule has 22 heavy (non-hydrogen) atoms. The lowest BCUT2D eigenvalue weighted by Gasteiger charge is -2.00. The van der Waals surface area contributed by atoms with Gasteiger partial charge in [-0.1, -0.05) is 6.07 Å². The van der Waals surface area contributed by atoms with Crippen LogP contribution in [0.5, 0.6) is 0 Å². The van der Waals surface area contributed by atoms with E-state index in [1.807, 2.05) is 40.2 Å². The molecule has 0 saturated heterocycles. The lowest BCUT2D eigenvalue weighted by atomic mass is 10.3.